The van der Waals surface area contributed by atoms with Crippen molar-refractivity contribution in [1.82, 2.24) is 19.5 Å². The van der Waals surface area contributed by atoms with Gasteiger partial charge in [-0.15, -0.1) is 0 Å². The Labute approximate surface area is 271 Å². The normalized spacial score (nSPS) is 10.9. The summed E-state index contributed by atoms with van der Waals surface area (Å²) in [6, 6.07) is 52.2. The van der Waals surface area contributed by atoms with Crippen LogP contribution in [0.3, 0.4) is 0 Å². The highest BCUT2D eigenvalue weighted by Crippen LogP contribution is 2.38. The van der Waals surface area contributed by atoms with Crippen molar-refractivity contribution in [3.63, 3.8) is 0 Å². The Balaban J connectivity index is 1.47. The number of benzene rings is 6. The molecule has 2 heterocycles. The standard InChI is InChI=1S/C41H24N6/c42-25-27-10-9-15-31(22-27)32-19-21-35(38(24-32)47-36-17-8-7-16-33(36)34-20-18-28(26-43)23-37(34)47)41-45-39(29-11-3-1-4-12-29)44-40(46-41)30-13-5-2-6-14-30/h1-24H. The molecule has 218 valence electrons. The molecule has 0 N–H and O–H groups in total. The van der Waals surface area contributed by atoms with Gasteiger partial charge in [0.15, 0.2) is 17.5 Å². The van der Waals surface area contributed by atoms with Gasteiger partial charge in [0.2, 0.25) is 0 Å². The van der Waals surface area contributed by atoms with E-state index < -0.39 is 0 Å². The maximum Gasteiger partial charge on any atom is 0.166 e. The fourth-order valence-corrected chi connectivity index (χ4v) is 6.08. The van der Waals surface area contributed by atoms with Gasteiger partial charge in [0, 0.05) is 27.5 Å². The first kappa shape index (κ1) is 27.6. The lowest BCUT2D eigenvalue weighted by Gasteiger charge is -2.16. The SMILES string of the molecule is N#Cc1cccc(-c2ccc(-c3nc(-c4ccccc4)nc(-c4ccccc4)n3)c(-n3c4ccccc4c4ccc(C#N)cc43)c2)c1. The van der Waals surface area contributed by atoms with Crippen molar-refractivity contribution in [3.05, 3.63) is 157 Å². The van der Waals surface area contributed by atoms with Gasteiger partial charge in [0.25, 0.3) is 0 Å². The number of nitriles is 2. The third-order valence-electron chi connectivity index (χ3n) is 8.31. The van der Waals surface area contributed by atoms with E-state index in [4.69, 9.17) is 15.0 Å². The van der Waals surface area contributed by atoms with Crippen LogP contribution in [0.2, 0.25) is 0 Å². The number of nitrogens with zero attached hydrogens (tertiary/aromatic N) is 6. The number of fused-ring (bicyclic) bond motifs is 3. The molecule has 0 aliphatic rings. The lowest BCUT2D eigenvalue weighted by Crippen LogP contribution is -2.04. The average molecular weight is 601 g/mol. The van der Waals surface area contributed by atoms with Crippen molar-refractivity contribution in [2.24, 2.45) is 0 Å². The van der Waals surface area contributed by atoms with Crippen molar-refractivity contribution < 1.29 is 0 Å². The molecular formula is C41H24N6. The van der Waals surface area contributed by atoms with E-state index in [1.165, 1.54) is 0 Å². The quantitative estimate of drug-likeness (QED) is 0.196. The molecule has 0 aliphatic heterocycles. The first-order valence-electron chi connectivity index (χ1n) is 15.2. The Hall–Kier alpha value is -6.89. The largest absolute Gasteiger partial charge is 0.308 e. The highest BCUT2D eigenvalue weighted by atomic mass is 15.1. The molecule has 0 radical (unpaired) electrons. The molecule has 0 saturated heterocycles. The maximum atomic E-state index is 9.87. The summed E-state index contributed by atoms with van der Waals surface area (Å²) in [5.74, 6) is 1.66. The highest BCUT2D eigenvalue weighted by molar-refractivity contribution is 6.10. The number of hydrogen-bond acceptors (Lipinski definition) is 5. The third-order valence-corrected chi connectivity index (χ3v) is 8.31. The van der Waals surface area contributed by atoms with Crippen LogP contribution in [0, 0.1) is 22.7 Å². The van der Waals surface area contributed by atoms with E-state index in [-0.39, 0.29) is 0 Å². The molecule has 0 fully saturated rings. The highest BCUT2D eigenvalue weighted by Gasteiger charge is 2.20. The molecule has 0 saturated carbocycles. The minimum Gasteiger partial charge on any atom is -0.308 e. The summed E-state index contributed by atoms with van der Waals surface area (Å²) < 4.78 is 2.19. The lowest BCUT2D eigenvalue weighted by molar-refractivity contribution is 1.06. The Kier molecular flexibility index (Phi) is 6.80. The predicted molar refractivity (Wildman–Crippen MR) is 185 cm³/mol. The van der Waals surface area contributed by atoms with Crippen molar-refractivity contribution >= 4 is 21.8 Å². The third kappa shape index (κ3) is 4.97. The summed E-state index contributed by atoms with van der Waals surface area (Å²) in [5, 5.41) is 21.6. The van der Waals surface area contributed by atoms with Crippen LogP contribution in [0.1, 0.15) is 11.1 Å². The predicted octanol–water partition coefficient (Wildman–Crippen LogP) is 9.38. The first-order chi connectivity index (χ1) is 23.2. The Morgan fingerprint density at radius 3 is 1.70 bits per heavy atom. The minimum absolute atomic E-state index is 0.521. The number of rotatable bonds is 5. The topological polar surface area (TPSA) is 91.2 Å². The molecule has 6 nitrogen and oxygen atoms in total. The van der Waals surface area contributed by atoms with Crippen LogP contribution < -0.4 is 0 Å². The molecule has 47 heavy (non-hydrogen) atoms. The van der Waals surface area contributed by atoms with Crippen LogP contribution in [-0.4, -0.2) is 19.5 Å². The minimum atomic E-state index is 0.521. The van der Waals surface area contributed by atoms with Gasteiger partial charge < -0.3 is 4.57 Å². The van der Waals surface area contributed by atoms with Crippen LogP contribution in [-0.2, 0) is 0 Å². The monoisotopic (exact) mass is 600 g/mol. The van der Waals surface area contributed by atoms with E-state index in [0.29, 0.717) is 28.6 Å². The Morgan fingerprint density at radius 1 is 0.426 bits per heavy atom. The van der Waals surface area contributed by atoms with Gasteiger partial charge in [0.1, 0.15) is 0 Å². The zero-order valence-electron chi connectivity index (χ0n) is 25.0. The molecule has 0 spiro atoms. The van der Waals surface area contributed by atoms with Gasteiger partial charge >= 0.3 is 0 Å². The first-order valence-corrected chi connectivity index (χ1v) is 15.2. The van der Waals surface area contributed by atoms with E-state index in [2.05, 4.69) is 34.9 Å². The van der Waals surface area contributed by atoms with Crippen LogP contribution in [0.5, 0.6) is 0 Å². The van der Waals surface area contributed by atoms with Crippen molar-refractivity contribution in [1.29, 1.82) is 10.5 Å². The average Bonchev–Trinajstić information content (AvgIpc) is 3.48. The van der Waals surface area contributed by atoms with Gasteiger partial charge in [-0.1, -0.05) is 103 Å². The number of para-hydroxylation sites is 1. The fourth-order valence-electron chi connectivity index (χ4n) is 6.08. The lowest BCUT2D eigenvalue weighted by atomic mass is 10.00. The van der Waals surface area contributed by atoms with Crippen molar-refractivity contribution in [3.8, 4) is 63.1 Å². The molecule has 0 amide bonds. The molecule has 0 unspecified atom stereocenters. The summed E-state index contributed by atoms with van der Waals surface area (Å²) in [6.45, 7) is 0. The number of hydrogen-bond donors (Lipinski definition) is 0. The summed E-state index contributed by atoms with van der Waals surface area (Å²) in [5.41, 5.74) is 8.30. The zero-order chi connectivity index (χ0) is 31.7. The zero-order valence-corrected chi connectivity index (χ0v) is 25.0. The van der Waals surface area contributed by atoms with E-state index in [1.807, 2.05) is 121 Å². The van der Waals surface area contributed by atoms with E-state index in [0.717, 1.165) is 55.3 Å². The van der Waals surface area contributed by atoms with Gasteiger partial charge in [-0.25, -0.2) is 15.0 Å². The van der Waals surface area contributed by atoms with E-state index in [9.17, 15) is 10.5 Å². The molecule has 0 atom stereocenters. The second-order valence-electron chi connectivity index (χ2n) is 11.2. The molecule has 2 aromatic heterocycles. The fraction of sp³-hybridized carbons (Fsp3) is 0. The van der Waals surface area contributed by atoms with Crippen LogP contribution in [0.15, 0.2) is 146 Å². The van der Waals surface area contributed by atoms with Gasteiger partial charge in [0.05, 0.1) is 40.0 Å². The molecule has 0 aliphatic carbocycles. The van der Waals surface area contributed by atoms with Gasteiger partial charge in [-0.3, -0.25) is 0 Å². The number of aromatic nitrogens is 4. The molecule has 8 rings (SSSR count). The van der Waals surface area contributed by atoms with Crippen LogP contribution >= 0.6 is 0 Å². The van der Waals surface area contributed by atoms with Crippen LogP contribution in [0.25, 0.3) is 72.8 Å². The molecule has 8 aromatic rings. The molecule has 6 heteroatoms. The van der Waals surface area contributed by atoms with Gasteiger partial charge in [-0.05, 0) is 53.6 Å². The molecule has 6 aromatic carbocycles. The molecular weight excluding hydrogens is 576 g/mol. The smallest absolute Gasteiger partial charge is 0.166 e. The van der Waals surface area contributed by atoms with Crippen molar-refractivity contribution in [2.45, 2.75) is 0 Å². The maximum absolute atomic E-state index is 9.87. The van der Waals surface area contributed by atoms with Crippen molar-refractivity contribution in [2.75, 3.05) is 0 Å². The van der Waals surface area contributed by atoms with Gasteiger partial charge in [-0.2, -0.15) is 10.5 Å². The summed E-state index contributed by atoms with van der Waals surface area (Å²) >= 11 is 0. The van der Waals surface area contributed by atoms with E-state index in [1.54, 1.807) is 6.07 Å². The Morgan fingerprint density at radius 2 is 1.00 bits per heavy atom. The summed E-state index contributed by atoms with van der Waals surface area (Å²) in [4.78, 5) is 15.0. The second-order valence-corrected chi connectivity index (χ2v) is 11.2. The summed E-state index contributed by atoms with van der Waals surface area (Å²) in [6.07, 6.45) is 0. The van der Waals surface area contributed by atoms with E-state index >= 15 is 0 Å². The Bertz CT molecular complexity index is 2480. The van der Waals surface area contributed by atoms with Crippen LogP contribution in [0.4, 0.5) is 0 Å². The molecule has 0 bridgehead atoms. The second kappa shape index (κ2) is 11.6. The summed E-state index contributed by atoms with van der Waals surface area (Å²) in [7, 11) is 0.